The van der Waals surface area contributed by atoms with Crippen molar-refractivity contribution in [1.29, 1.82) is 0 Å². The van der Waals surface area contributed by atoms with Gasteiger partial charge in [-0.15, -0.1) is 0 Å². The van der Waals surface area contributed by atoms with Crippen molar-refractivity contribution in [3.05, 3.63) is 0 Å². The zero-order valence-electron chi connectivity index (χ0n) is 9.74. The van der Waals surface area contributed by atoms with Crippen LogP contribution in [0.25, 0.3) is 0 Å². The van der Waals surface area contributed by atoms with Crippen molar-refractivity contribution in [2.45, 2.75) is 31.7 Å². The molecule has 2 atom stereocenters. The minimum absolute atomic E-state index is 0.195. The average molecular weight is 246 g/mol. The second-order valence-corrected chi connectivity index (χ2v) is 7.30. The van der Waals surface area contributed by atoms with Crippen LogP contribution < -0.4 is 10.6 Å². The van der Waals surface area contributed by atoms with E-state index in [0.29, 0.717) is 17.4 Å². The van der Waals surface area contributed by atoms with E-state index in [4.69, 9.17) is 0 Å². The van der Waals surface area contributed by atoms with Crippen LogP contribution in [0.2, 0.25) is 0 Å². The molecule has 0 aliphatic carbocycles. The minimum atomic E-state index is -2.76. The molecule has 0 bridgehead atoms. The third-order valence-corrected chi connectivity index (χ3v) is 5.38. The topological polar surface area (TPSA) is 58.2 Å². The van der Waals surface area contributed by atoms with Crippen molar-refractivity contribution >= 4 is 9.84 Å². The molecular weight excluding hydrogens is 224 g/mol. The molecule has 0 aromatic rings. The molecule has 0 amide bonds. The van der Waals surface area contributed by atoms with E-state index < -0.39 is 9.84 Å². The van der Waals surface area contributed by atoms with Gasteiger partial charge in [-0.1, -0.05) is 0 Å². The fourth-order valence-corrected chi connectivity index (χ4v) is 4.29. The number of nitrogens with one attached hydrogen (secondary N) is 2. The highest BCUT2D eigenvalue weighted by Gasteiger charge is 2.25. The van der Waals surface area contributed by atoms with E-state index >= 15 is 0 Å². The molecule has 2 fully saturated rings. The van der Waals surface area contributed by atoms with Crippen molar-refractivity contribution < 1.29 is 8.42 Å². The number of hydrogen-bond donors (Lipinski definition) is 2. The summed E-state index contributed by atoms with van der Waals surface area (Å²) in [6, 6.07) is 0.195. The van der Waals surface area contributed by atoms with Crippen LogP contribution >= 0.6 is 0 Å². The second-order valence-electron chi connectivity index (χ2n) is 5.07. The van der Waals surface area contributed by atoms with Crippen molar-refractivity contribution in [3.63, 3.8) is 0 Å². The highest BCUT2D eigenvalue weighted by molar-refractivity contribution is 7.91. The van der Waals surface area contributed by atoms with Crippen molar-refractivity contribution in [2.24, 2.45) is 5.92 Å². The number of piperidine rings is 1. The lowest BCUT2D eigenvalue weighted by Crippen LogP contribution is -2.44. The Kier molecular flexibility index (Phi) is 4.21. The average Bonchev–Trinajstić information content (AvgIpc) is 2.27. The van der Waals surface area contributed by atoms with E-state index in [2.05, 4.69) is 10.6 Å². The molecule has 2 N–H and O–H groups in total. The van der Waals surface area contributed by atoms with E-state index in [1.54, 1.807) is 0 Å². The third-order valence-electron chi connectivity index (χ3n) is 3.56. The van der Waals surface area contributed by atoms with Gasteiger partial charge in [0.2, 0.25) is 0 Å². The van der Waals surface area contributed by atoms with Gasteiger partial charge in [-0.2, -0.15) is 0 Å². The van der Waals surface area contributed by atoms with E-state index in [-0.39, 0.29) is 6.04 Å². The maximum absolute atomic E-state index is 11.5. The van der Waals surface area contributed by atoms with Crippen LogP contribution in [-0.4, -0.2) is 45.6 Å². The summed E-state index contributed by atoms with van der Waals surface area (Å²) in [4.78, 5) is 0. The molecule has 2 heterocycles. The van der Waals surface area contributed by atoms with E-state index in [0.717, 1.165) is 32.5 Å². The maximum atomic E-state index is 11.5. The zero-order valence-corrected chi connectivity index (χ0v) is 10.6. The minimum Gasteiger partial charge on any atom is -0.316 e. The van der Waals surface area contributed by atoms with Crippen LogP contribution in [0.15, 0.2) is 0 Å². The fourth-order valence-electron chi connectivity index (χ4n) is 2.62. The summed E-state index contributed by atoms with van der Waals surface area (Å²) in [5.41, 5.74) is 0. The van der Waals surface area contributed by atoms with Gasteiger partial charge >= 0.3 is 0 Å². The van der Waals surface area contributed by atoms with Crippen LogP contribution in [0.4, 0.5) is 0 Å². The van der Waals surface area contributed by atoms with E-state index in [1.165, 1.54) is 12.8 Å². The quantitative estimate of drug-likeness (QED) is 0.744. The van der Waals surface area contributed by atoms with Gasteiger partial charge < -0.3 is 10.6 Å². The summed E-state index contributed by atoms with van der Waals surface area (Å²) >= 11 is 0. The predicted molar refractivity (Wildman–Crippen MR) is 65.3 cm³/mol. The summed E-state index contributed by atoms with van der Waals surface area (Å²) in [5, 5.41) is 6.81. The molecule has 0 aromatic carbocycles. The van der Waals surface area contributed by atoms with Gasteiger partial charge in [0.15, 0.2) is 9.84 Å². The Morgan fingerprint density at radius 3 is 2.81 bits per heavy atom. The third kappa shape index (κ3) is 3.71. The Morgan fingerprint density at radius 1 is 1.25 bits per heavy atom. The van der Waals surface area contributed by atoms with Gasteiger partial charge in [0.05, 0.1) is 11.5 Å². The molecule has 4 nitrogen and oxygen atoms in total. The highest BCUT2D eigenvalue weighted by Crippen LogP contribution is 2.14. The molecule has 0 radical (unpaired) electrons. The molecule has 16 heavy (non-hydrogen) atoms. The van der Waals surface area contributed by atoms with E-state index in [9.17, 15) is 8.42 Å². The lowest BCUT2D eigenvalue weighted by molar-refractivity contribution is 0.341. The smallest absolute Gasteiger partial charge is 0.151 e. The fraction of sp³-hybridized carbons (Fsp3) is 1.00. The van der Waals surface area contributed by atoms with Crippen molar-refractivity contribution in [3.8, 4) is 0 Å². The first kappa shape index (κ1) is 12.3. The molecule has 2 aliphatic heterocycles. The Hall–Kier alpha value is -0.130. The summed E-state index contributed by atoms with van der Waals surface area (Å²) < 4.78 is 22.9. The highest BCUT2D eigenvalue weighted by atomic mass is 32.2. The van der Waals surface area contributed by atoms with Gasteiger partial charge in [-0.3, -0.25) is 0 Å². The molecule has 2 saturated heterocycles. The monoisotopic (exact) mass is 246 g/mol. The second kappa shape index (κ2) is 5.47. The summed E-state index contributed by atoms with van der Waals surface area (Å²) in [6.07, 6.45) is 4.34. The molecule has 0 saturated carbocycles. The molecule has 2 aliphatic rings. The first-order chi connectivity index (χ1) is 7.66. The summed E-state index contributed by atoms with van der Waals surface area (Å²) in [6.45, 7) is 3.17. The number of hydrogen-bond acceptors (Lipinski definition) is 4. The van der Waals surface area contributed by atoms with Gasteiger partial charge in [-0.05, 0) is 51.2 Å². The Bertz CT molecular complexity index is 310. The van der Waals surface area contributed by atoms with Crippen LogP contribution in [0.5, 0.6) is 0 Å². The maximum Gasteiger partial charge on any atom is 0.151 e. The molecular formula is C11H22N2O2S. The zero-order chi connectivity index (χ0) is 11.4. The number of rotatable bonds is 3. The van der Waals surface area contributed by atoms with Crippen LogP contribution in [-0.2, 0) is 9.84 Å². The first-order valence-electron chi connectivity index (χ1n) is 6.30. The number of sulfone groups is 1. The van der Waals surface area contributed by atoms with Crippen molar-refractivity contribution in [2.75, 3.05) is 31.1 Å². The molecule has 2 unspecified atom stereocenters. The molecule has 94 valence electrons. The molecule has 5 heteroatoms. The van der Waals surface area contributed by atoms with E-state index in [1.807, 2.05) is 0 Å². The first-order valence-corrected chi connectivity index (χ1v) is 8.12. The predicted octanol–water partition coefficient (Wildman–Crippen LogP) is 0.153. The lowest BCUT2D eigenvalue weighted by Gasteiger charge is -2.28. The SMILES string of the molecule is O=S1(=O)CCCC(NCC2CCCNC2)C1. The van der Waals surface area contributed by atoms with Crippen LogP contribution in [0.1, 0.15) is 25.7 Å². The van der Waals surface area contributed by atoms with Gasteiger partial charge in [-0.25, -0.2) is 8.42 Å². The summed E-state index contributed by atoms with van der Waals surface area (Å²) in [5.74, 6) is 1.40. The Labute approximate surface area is 98.1 Å². The Morgan fingerprint density at radius 2 is 2.12 bits per heavy atom. The molecule has 2 rings (SSSR count). The molecule has 0 spiro atoms. The van der Waals surface area contributed by atoms with Gasteiger partial charge in [0, 0.05) is 6.04 Å². The largest absolute Gasteiger partial charge is 0.316 e. The normalized spacial score (nSPS) is 34.8. The van der Waals surface area contributed by atoms with Gasteiger partial charge in [0.1, 0.15) is 0 Å². The lowest BCUT2D eigenvalue weighted by atomic mass is 9.99. The standard InChI is InChI=1S/C11H22N2O2S/c14-16(15)6-2-4-11(9-16)13-8-10-3-1-5-12-7-10/h10-13H,1-9H2. The molecule has 0 aromatic heterocycles. The van der Waals surface area contributed by atoms with Crippen LogP contribution in [0, 0.1) is 5.92 Å². The van der Waals surface area contributed by atoms with Crippen molar-refractivity contribution in [1.82, 2.24) is 10.6 Å². The van der Waals surface area contributed by atoms with Crippen LogP contribution in [0.3, 0.4) is 0 Å². The summed E-state index contributed by atoms with van der Waals surface area (Å²) in [7, 11) is -2.76. The Balaban J connectivity index is 1.72. The van der Waals surface area contributed by atoms with Gasteiger partial charge in [0.25, 0.3) is 0 Å².